The SMILES string of the molecule is CC1=c2ccccc2=CB(c2ccc3c(C)cccc3[n+]2C)N1C. The lowest BCUT2D eigenvalue weighted by Gasteiger charge is -2.27. The van der Waals surface area contributed by atoms with E-state index < -0.39 is 0 Å². The van der Waals surface area contributed by atoms with Gasteiger partial charge >= 0.3 is 6.85 Å². The number of hydrogen-bond acceptors (Lipinski definition) is 1. The van der Waals surface area contributed by atoms with Gasteiger partial charge in [-0.1, -0.05) is 42.4 Å². The fourth-order valence-corrected chi connectivity index (χ4v) is 3.83. The van der Waals surface area contributed by atoms with Crippen LogP contribution in [0.1, 0.15) is 12.5 Å². The molecule has 1 aliphatic heterocycles. The highest BCUT2D eigenvalue weighted by molar-refractivity contribution is 6.82. The molecule has 0 fully saturated rings. The Morgan fingerprint density at radius 3 is 2.54 bits per heavy atom. The van der Waals surface area contributed by atoms with Crippen LogP contribution >= 0.6 is 0 Å². The number of pyridine rings is 1. The van der Waals surface area contributed by atoms with E-state index >= 15 is 0 Å². The molecular weight excluding hydrogens is 291 g/mol. The Bertz CT molecular complexity index is 1070. The number of rotatable bonds is 1. The summed E-state index contributed by atoms with van der Waals surface area (Å²) in [6.45, 7) is 4.63. The van der Waals surface area contributed by atoms with Crippen molar-refractivity contribution < 1.29 is 4.57 Å². The summed E-state index contributed by atoms with van der Waals surface area (Å²) in [5.74, 6) is 2.37. The summed E-state index contributed by atoms with van der Waals surface area (Å²) < 4.78 is 2.33. The Kier molecular flexibility index (Phi) is 3.45. The van der Waals surface area contributed by atoms with Crippen LogP contribution in [0.15, 0.2) is 54.6 Å². The maximum Gasteiger partial charge on any atom is 0.396 e. The standard InChI is InChI=1S/C21H22BN2/c1-15-8-7-11-20-18(15)12-13-21(23(20)3)22-14-17-9-5-6-10-19(17)16(2)24(22)4/h5-14H,1-4H3/q+1. The third kappa shape index (κ3) is 2.15. The van der Waals surface area contributed by atoms with Crippen LogP contribution in [-0.4, -0.2) is 18.7 Å². The first-order valence-electron chi connectivity index (χ1n) is 8.47. The third-order valence-electron chi connectivity index (χ3n) is 5.41. The van der Waals surface area contributed by atoms with E-state index in [4.69, 9.17) is 0 Å². The molecule has 0 atom stereocenters. The quantitative estimate of drug-likeness (QED) is 0.485. The predicted molar refractivity (Wildman–Crippen MR) is 102 cm³/mol. The van der Waals surface area contributed by atoms with Crippen molar-refractivity contribution in [3.05, 3.63) is 70.6 Å². The zero-order valence-electron chi connectivity index (χ0n) is 14.7. The van der Waals surface area contributed by atoms with Crippen molar-refractivity contribution in [2.24, 2.45) is 7.05 Å². The summed E-state index contributed by atoms with van der Waals surface area (Å²) in [7, 11) is 4.36. The van der Waals surface area contributed by atoms with Gasteiger partial charge in [-0.3, -0.25) is 0 Å². The molecule has 0 amide bonds. The molecule has 2 nitrogen and oxygen atoms in total. The first kappa shape index (κ1) is 15.0. The molecule has 1 aliphatic rings. The Labute approximate surface area is 143 Å². The van der Waals surface area contributed by atoms with Crippen molar-refractivity contribution in [2.45, 2.75) is 13.8 Å². The maximum absolute atomic E-state index is 2.37. The van der Waals surface area contributed by atoms with Crippen LogP contribution in [0.4, 0.5) is 0 Å². The number of benzene rings is 2. The summed E-state index contributed by atoms with van der Waals surface area (Å²) in [5, 5.41) is 3.97. The number of aryl methyl sites for hydroxylation is 2. The van der Waals surface area contributed by atoms with Gasteiger partial charge in [-0.15, -0.1) is 0 Å². The van der Waals surface area contributed by atoms with Gasteiger partial charge in [-0.2, -0.15) is 0 Å². The lowest BCUT2D eigenvalue weighted by Crippen LogP contribution is -2.62. The fraction of sp³-hybridized carbons (Fsp3) is 0.190. The second-order valence-electron chi connectivity index (χ2n) is 6.72. The van der Waals surface area contributed by atoms with Crippen LogP contribution in [0.3, 0.4) is 0 Å². The average Bonchev–Trinajstić information content (AvgIpc) is 2.60. The van der Waals surface area contributed by atoms with E-state index in [0.717, 1.165) is 0 Å². The summed E-state index contributed by atoms with van der Waals surface area (Å²) in [5.41, 5.74) is 5.24. The first-order valence-corrected chi connectivity index (χ1v) is 8.47. The van der Waals surface area contributed by atoms with Crippen LogP contribution in [-0.2, 0) is 7.05 Å². The van der Waals surface area contributed by atoms with E-state index in [9.17, 15) is 0 Å². The Balaban J connectivity index is 1.96. The molecule has 3 heteroatoms. The van der Waals surface area contributed by atoms with Gasteiger partial charge in [0.15, 0.2) is 5.59 Å². The molecule has 1 aromatic heterocycles. The molecular formula is C21H22BN2+. The number of aromatic nitrogens is 1. The molecule has 0 spiro atoms. The molecule has 24 heavy (non-hydrogen) atoms. The normalized spacial score (nSPS) is 13.9. The minimum atomic E-state index is 0.245. The lowest BCUT2D eigenvalue weighted by molar-refractivity contribution is -0.627. The second kappa shape index (κ2) is 5.52. The van der Waals surface area contributed by atoms with Crippen LogP contribution in [0.25, 0.3) is 22.6 Å². The highest BCUT2D eigenvalue weighted by Crippen LogP contribution is 2.14. The van der Waals surface area contributed by atoms with Crippen LogP contribution in [0, 0.1) is 6.92 Å². The molecule has 118 valence electrons. The molecule has 0 radical (unpaired) electrons. The predicted octanol–water partition coefficient (Wildman–Crippen LogP) is 1.26. The van der Waals surface area contributed by atoms with Gasteiger partial charge in [0.1, 0.15) is 7.05 Å². The summed E-state index contributed by atoms with van der Waals surface area (Å²) in [6.07, 6.45) is 0. The van der Waals surface area contributed by atoms with Gasteiger partial charge in [-0.05, 0) is 49.0 Å². The molecule has 0 bridgehead atoms. The minimum Gasteiger partial charge on any atom is -0.408 e. The number of nitrogens with zero attached hydrogens (tertiary/aromatic N) is 2. The monoisotopic (exact) mass is 313 g/mol. The van der Waals surface area contributed by atoms with Crippen molar-refractivity contribution in [3.8, 4) is 0 Å². The third-order valence-corrected chi connectivity index (χ3v) is 5.41. The van der Waals surface area contributed by atoms with Gasteiger partial charge < -0.3 is 4.81 Å². The van der Waals surface area contributed by atoms with E-state index in [2.05, 4.69) is 97.9 Å². The van der Waals surface area contributed by atoms with Crippen molar-refractivity contribution in [1.82, 2.24) is 4.81 Å². The highest BCUT2D eigenvalue weighted by Gasteiger charge is 2.31. The number of hydrogen-bond donors (Lipinski definition) is 0. The molecule has 0 unspecified atom stereocenters. The van der Waals surface area contributed by atoms with Crippen molar-refractivity contribution >= 4 is 35.0 Å². The van der Waals surface area contributed by atoms with E-state index in [-0.39, 0.29) is 6.85 Å². The van der Waals surface area contributed by atoms with Crippen LogP contribution in [0.2, 0.25) is 0 Å². The molecule has 0 saturated heterocycles. The highest BCUT2D eigenvalue weighted by atomic mass is 15.1. The summed E-state index contributed by atoms with van der Waals surface area (Å²) in [4.78, 5) is 2.37. The molecule has 0 N–H and O–H groups in total. The van der Waals surface area contributed by atoms with Gasteiger partial charge in [0, 0.05) is 17.1 Å². The van der Waals surface area contributed by atoms with E-state index in [0.29, 0.717) is 0 Å². The van der Waals surface area contributed by atoms with E-state index in [1.807, 2.05) is 0 Å². The zero-order chi connectivity index (χ0) is 16.8. The zero-order valence-corrected chi connectivity index (χ0v) is 14.7. The second-order valence-corrected chi connectivity index (χ2v) is 6.72. The van der Waals surface area contributed by atoms with E-state index in [1.165, 1.54) is 38.2 Å². The molecule has 2 aromatic carbocycles. The molecule has 0 aliphatic carbocycles. The first-order chi connectivity index (χ1) is 11.6. The topological polar surface area (TPSA) is 7.12 Å². The Morgan fingerprint density at radius 1 is 0.917 bits per heavy atom. The van der Waals surface area contributed by atoms with E-state index in [1.54, 1.807) is 0 Å². The largest absolute Gasteiger partial charge is 0.408 e. The minimum absolute atomic E-state index is 0.245. The fourth-order valence-electron chi connectivity index (χ4n) is 3.83. The molecule has 0 saturated carbocycles. The average molecular weight is 313 g/mol. The van der Waals surface area contributed by atoms with Crippen molar-refractivity contribution in [3.63, 3.8) is 0 Å². The lowest BCUT2D eigenvalue weighted by atomic mass is 9.55. The van der Waals surface area contributed by atoms with Gasteiger partial charge in [0.25, 0.3) is 0 Å². The Morgan fingerprint density at radius 2 is 1.71 bits per heavy atom. The van der Waals surface area contributed by atoms with Crippen LogP contribution < -0.4 is 20.6 Å². The molecule has 4 rings (SSSR count). The van der Waals surface area contributed by atoms with Crippen molar-refractivity contribution in [2.75, 3.05) is 7.05 Å². The van der Waals surface area contributed by atoms with Gasteiger partial charge in [0.2, 0.25) is 5.52 Å². The summed E-state index contributed by atoms with van der Waals surface area (Å²) >= 11 is 0. The maximum atomic E-state index is 2.37. The van der Waals surface area contributed by atoms with Gasteiger partial charge in [-0.25, -0.2) is 4.57 Å². The Hall–Kier alpha value is -2.55. The molecule has 3 aromatic rings. The van der Waals surface area contributed by atoms with Crippen molar-refractivity contribution in [1.29, 1.82) is 0 Å². The molecule has 2 heterocycles. The van der Waals surface area contributed by atoms with Gasteiger partial charge in [0.05, 0.1) is 0 Å². The summed E-state index contributed by atoms with van der Waals surface area (Å²) in [6, 6.07) is 19.7. The van der Waals surface area contributed by atoms with Crippen LogP contribution in [0.5, 0.6) is 0 Å². The number of fused-ring (bicyclic) bond motifs is 2. The smallest absolute Gasteiger partial charge is 0.396 e.